The summed E-state index contributed by atoms with van der Waals surface area (Å²) in [5, 5.41) is 0.660. The van der Waals surface area contributed by atoms with Crippen molar-refractivity contribution in [1.82, 2.24) is 9.71 Å². The molecule has 28 heavy (non-hydrogen) atoms. The Bertz CT molecular complexity index is 1050. The molecule has 0 aliphatic rings. The van der Waals surface area contributed by atoms with Gasteiger partial charge in [-0.05, 0) is 42.3 Å². The van der Waals surface area contributed by atoms with Crippen molar-refractivity contribution in [3.63, 3.8) is 0 Å². The van der Waals surface area contributed by atoms with Gasteiger partial charge in [0.05, 0.1) is 15.1 Å². The maximum atomic E-state index is 12.6. The normalized spacial score (nSPS) is 13.0. The molecular formula is C19H19BrN2O4S2. The number of ether oxygens (including phenoxy) is 1. The molecule has 1 N–H and O–H groups in total. The number of carbonyl (C=O) groups excluding carboxylic acids is 1. The number of para-hydroxylation sites is 1. The lowest BCUT2D eigenvalue weighted by Crippen LogP contribution is -2.45. The summed E-state index contributed by atoms with van der Waals surface area (Å²) in [7, 11) is -3.85. The molecule has 9 heteroatoms. The Balaban J connectivity index is 1.70. The maximum Gasteiger partial charge on any atom is 0.324 e. The molecule has 3 rings (SSSR count). The molecule has 0 aliphatic heterocycles. The molecule has 0 bridgehead atoms. The number of thiazole rings is 1. The fourth-order valence-corrected chi connectivity index (χ4v) is 4.99. The number of carbonyl (C=O) groups is 1. The first-order chi connectivity index (χ1) is 13.3. The molecule has 0 spiro atoms. The van der Waals surface area contributed by atoms with Gasteiger partial charge in [0, 0.05) is 4.47 Å². The summed E-state index contributed by atoms with van der Waals surface area (Å²) in [6.45, 7) is 3.52. The summed E-state index contributed by atoms with van der Waals surface area (Å²) in [5.41, 5.74) is 0.842. The van der Waals surface area contributed by atoms with Gasteiger partial charge in [-0.15, -0.1) is 11.3 Å². The number of nitrogens with zero attached hydrogens (tertiary/aromatic N) is 1. The highest BCUT2D eigenvalue weighted by Crippen LogP contribution is 2.22. The van der Waals surface area contributed by atoms with Gasteiger partial charge in [0.1, 0.15) is 17.7 Å². The molecule has 0 aliphatic carbocycles. The van der Waals surface area contributed by atoms with Crippen molar-refractivity contribution in [2.45, 2.75) is 31.4 Å². The number of sulfonamides is 1. The third kappa shape index (κ3) is 4.96. The molecule has 0 fully saturated rings. The fourth-order valence-electron chi connectivity index (χ4n) is 2.51. The van der Waals surface area contributed by atoms with E-state index >= 15 is 0 Å². The predicted octanol–water partition coefficient (Wildman–Crippen LogP) is 4.11. The summed E-state index contributed by atoms with van der Waals surface area (Å²) in [6, 6.07) is 12.8. The first kappa shape index (κ1) is 20.9. The molecule has 0 radical (unpaired) electrons. The van der Waals surface area contributed by atoms with Crippen LogP contribution in [-0.2, 0) is 26.2 Å². The lowest BCUT2D eigenvalue weighted by molar-refractivity contribution is -0.148. The maximum absolute atomic E-state index is 12.6. The van der Waals surface area contributed by atoms with Crippen LogP contribution in [0.15, 0.2) is 57.9 Å². The Morgan fingerprint density at radius 1 is 1.18 bits per heavy atom. The lowest BCUT2D eigenvalue weighted by atomic mass is 10.1. The molecule has 0 amide bonds. The number of rotatable bonds is 7. The van der Waals surface area contributed by atoms with Gasteiger partial charge < -0.3 is 4.74 Å². The van der Waals surface area contributed by atoms with Crippen LogP contribution in [0.4, 0.5) is 0 Å². The number of halogens is 1. The van der Waals surface area contributed by atoms with Crippen LogP contribution in [0.5, 0.6) is 0 Å². The monoisotopic (exact) mass is 482 g/mol. The van der Waals surface area contributed by atoms with E-state index in [1.54, 1.807) is 26.0 Å². The van der Waals surface area contributed by atoms with Crippen molar-refractivity contribution in [3.05, 3.63) is 58.0 Å². The number of esters is 1. The zero-order chi connectivity index (χ0) is 20.3. The zero-order valence-electron chi connectivity index (χ0n) is 15.3. The molecule has 6 nitrogen and oxygen atoms in total. The highest BCUT2D eigenvalue weighted by atomic mass is 79.9. The number of fused-ring (bicyclic) bond motifs is 1. The molecule has 1 heterocycles. The van der Waals surface area contributed by atoms with Gasteiger partial charge in [-0.2, -0.15) is 4.72 Å². The third-order valence-corrected chi connectivity index (χ3v) is 7.00. The van der Waals surface area contributed by atoms with Gasteiger partial charge in [0.15, 0.2) is 0 Å². The minimum absolute atomic E-state index is 0.00140. The van der Waals surface area contributed by atoms with Gasteiger partial charge in [-0.1, -0.05) is 41.9 Å². The number of benzene rings is 2. The average Bonchev–Trinajstić information content (AvgIpc) is 3.07. The first-order valence-corrected chi connectivity index (χ1v) is 11.6. The first-order valence-electron chi connectivity index (χ1n) is 8.55. The minimum atomic E-state index is -3.85. The second-order valence-corrected chi connectivity index (χ2v) is 10.2. The summed E-state index contributed by atoms with van der Waals surface area (Å²) in [4.78, 5) is 17.1. The van der Waals surface area contributed by atoms with Crippen molar-refractivity contribution in [1.29, 1.82) is 0 Å². The Morgan fingerprint density at radius 2 is 1.86 bits per heavy atom. The summed E-state index contributed by atoms with van der Waals surface area (Å²) in [5.74, 6) is -0.914. The Labute approximate surface area is 176 Å². The zero-order valence-corrected chi connectivity index (χ0v) is 18.5. The van der Waals surface area contributed by atoms with Crippen molar-refractivity contribution in [3.8, 4) is 0 Å². The molecule has 3 aromatic rings. The van der Waals surface area contributed by atoms with Crippen molar-refractivity contribution >= 4 is 53.5 Å². The fraction of sp³-hybridized carbons (Fsp3) is 0.263. The van der Waals surface area contributed by atoms with E-state index in [0.717, 1.165) is 14.7 Å². The van der Waals surface area contributed by atoms with Crippen molar-refractivity contribution in [2.75, 3.05) is 0 Å². The highest BCUT2D eigenvalue weighted by molar-refractivity contribution is 9.10. The largest absolute Gasteiger partial charge is 0.457 e. The molecule has 148 valence electrons. The van der Waals surface area contributed by atoms with Crippen molar-refractivity contribution < 1.29 is 17.9 Å². The van der Waals surface area contributed by atoms with Gasteiger partial charge >= 0.3 is 5.97 Å². The van der Waals surface area contributed by atoms with Gasteiger partial charge in [0.2, 0.25) is 10.0 Å². The van der Waals surface area contributed by atoms with E-state index in [0.29, 0.717) is 5.01 Å². The number of hydrogen-bond acceptors (Lipinski definition) is 6. The van der Waals surface area contributed by atoms with E-state index < -0.39 is 22.0 Å². The minimum Gasteiger partial charge on any atom is -0.457 e. The van der Waals surface area contributed by atoms with E-state index in [-0.39, 0.29) is 17.4 Å². The van der Waals surface area contributed by atoms with E-state index in [4.69, 9.17) is 4.74 Å². The Hall–Kier alpha value is -1.81. The SMILES string of the molecule is CC(C)C(NS(=O)(=O)c1ccc(Br)cc1)C(=O)OCc1nc2ccccc2s1. The Kier molecular flexibility index (Phi) is 6.49. The second-order valence-electron chi connectivity index (χ2n) is 6.48. The van der Waals surface area contributed by atoms with Crippen LogP contribution in [0.25, 0.3) is 10.2 Å². The molecule has 1 atom stereocenters. The Morgan fingerprint density at radius 3 is 2.50 bits per heavy atom. The third-order valence-electron chi connectivity index (χ3n) is 4.00. The van der Waals surface area contributed by atoms with Crippen LogP contribution >= 0.6 is 27.3 Å². The van der Waals surface area contributed by atoms with E-state index in [2.05, 4.69) is 25.6 Å². The number of hydrogen-bond donors (Lipinski definition) is 1. The number of nitrogens with one attached hydrogen (secondary N) is 1. The topological polar surface area (TPSA) is 85.4 Å². The predicted molar refractivity (Wildman–Crippen MR) is 113 cm³/mol. The van der Waals surface area contributed by atoms with Crippen LogP contribution in [-0.4, -0.2) is 25.4 Å². The standard InChI is InChI=1S/C19H19BrN2O4S2/c1-12(2)18(22-28(24,25)14-9-7-13(20)8-10-14)19(23)26-11-17-21-15-5-3-4-6-16(15)27-17/h3-10,12,18,22H,11H2,1-2H3. The number of aromatic nitrogens is 1. The van der Waals surface area contributed by atoms with Crippen molar-refractivity contribution in [2.24, 2.45) is 5.92 Å². The summed E-state index contributed by atoms with van der Waals surface area (Å²) in [6.07, 6.45) is 0. The summed E-state index contributed by atoms with van der Waals surface area (Å²) >= 11 is 4.71. The molecule has 1 unspecified atom stereocenters. The van der Waals surface area contributed by atoms with Gasteiger partial charge in [0.25, 0.3) is 0 Å². The highest BCUT2D eigenvalue weighted by Gasteiger charge is 2.29. The van der Waals surface area contributed by atoms with Crippen LogP contribution in [0.3, 0.4) is 0 Å². The van der Waals surface area contributed by atoms with Gasteiger partial charge in [-0.25, -0.2) is 13.4 Å². The van der Waals surface area contributed by atoms with Crippen LogP contribution in [0.2, 0.25) is 0 Å². The molecule has 2 aromatic carbocycles. The average molecular weight is 483 g/mol. The molecular weight excluding hydrogens is 464 g/mol. The second kappa shape index (κ2) is 8.69. The molecule has 0 saturated carbocycles. The molecule has 0 saturated heterocycles. The van der Waals surface area contributed by atoms with E-state index in [1.807, 2.05) is 24.3 Å². The van der Waals surface area contributed by atoms with E-state index in [1.165, 1.54) is 23.5 Å². The van der Waals surface area contributed by atoms with Crippen LogP contribution in [0.1, 0.15) is 18.9 Å². The summed E-state index contributed by atoms with van der Waals surface area (Å²) < 4.78 is 34.8. The van der Waals surface area contributed by atoms with Crippen LogP contribution < -0.4 is 4.72 Å². The van der Waals surface area contributed by atoms with Gasteiger partial charge in [-0.3, -0.25) is 4.79 Å². The lowest BCUT2D eigenvalue weighted by Gasteiger charge is -2.20. The smallest absolute Gasteiger partial charge is 0.324 e. The van der Waals surface area contributed by atoms with E-state index in [9.17, 15) is 13.2 Å². The molecule has 1 aromatic heterocycles. The quantitative estimate of drug-likeness (QED) is 0.512. The van der Waals surface area contributed by atoms with Crippen LogP contribution in [0, 0.1) is 5.92 Å².